The van der Waals surface area contributed by atoms with Crippen LogP contribution in [0.1, 0.15) is 291 Å². The van der Waals surface area contributed by atoms with Crippen molar-refractivity contribution >= 4 is 17.9 Å². The van der Waals surface area contributed by atoms with Gasteiger partial charge in [0.05, 0.1) is 0 Å². The lowest BCUT2D eigenvalue weighted by Crippen LogP contribution is -2.30. The summed E-state index contributed by atoms with van der Waals surface area (Å²) in [4.78, 5) is 37.9. The van der Waals surface area contributed by atoms with Crippen molar-refractivity contribution < 1.29 is 28.6 Å². The van der Waals surface area contributed by atoms with Crippen LogP contribution >= 0.6 is 0 Å². The van der Waals surface area contributed by atoms with Crippen LogP contribution in [0.4, 0.5) is 0 Å². The van der Waals surface area contributed by atoms with Crippen molar-refractivity contribution in [2.75, 3.05) is 13.2 Å². The predicted octanol–water partition coefficient (Wildman–Crippen LogP) is 16.9. The van der Waals surface area contributed by atoms with E-state index in [4.69, 9.17) is 14.2 Å². The van der Waals surface area contributed by atoms with E-state index >= 15 is 0 Å². The van der Waals surface area contributed by atoms with Gasteiger partial charge in [0.15, 0.2) is 6.10 Å². The van der Waals surface area contributed by atoms with Crippen LogP contribution in [0.25, 0.3) is 0 Å². The molecule has 0 unspecified atom stereocenters. The normalized spacial score (nSPS) is 12.1. The number of carbonyl (C=O) groups excluding carboxylic acids is 3. The van der Waals surface area contributed by atoms with Gasteiger partial charge in [-0.05, 0) is 31.1 Å². The number of esters is 3. The highest BCUT2D eigenvalue weighted by Gasteiger charge is 2.19. The molecule has 350 valence electrons. The highest BCUT2D eigenvalue weighted by Crippen LogP contribution is 2.17. The van der Waals surface area contributed by atoms with E-state index in [0.29, 0.717) is 19.3 Å². The molecule has 0 radical (unpaired) electrons. The molecular weight excluding hydrogens is 733 g/mol. The molecular formula is C53H102O6. The van der Waals surface area contributed by atoms with Gasteiger partial charge >= 0.3 is 17.9 Å². The second-order valence-electron chi connectivity index (χ2n) is 19.1. The lowest BCUT2D eigenvalue weighted by Gasteiger charge is -2.18. The van der Waals surface area contributed by atoms with Gasteiger partial charge in [-0.1, -0.05) is 253 Å². The van der Waals surface area contributed by atoms with Crippen LogP contribution in [-0.4, -0.2) is 37.2 Å². The molecule has 6 heteroatoms. The molecule has 0 saturated heterocycles. The zero-order valence-electron chi connectivity index (χ0n) is 40.4. The molecule has 0 amide bonds. The Labute approximate surface area is 368 Å². The standard InChI is InChI=1S/C53H102O6/c1-6-7-8-9-10-11-12-13-14-15-16-17-18-23-30-35-40-45-53(56)59-50(47-58-52(55)44-39-34-29-25-24-27-32-37-42-49(4)5)46-57-51(54)43-38-33-28-22-20-19-21-26-31-36-41-48(2)3/h48-50H,6-47H2,1-5H3/t50-/m1/s1. The topological polar surface area (TPSA) is 78.9 Å². The third-order valence-corrected chi connectivity index (χ3v) is 12.0. The van der Waals surface area contributed by atoms with Crippen LogP contribution in [0.5, 0.6) is 0 Å². The van der Waals surface area contributed by atoms with Crippen LogP contribution in [0.3, 0.4) is 0 Å². The first kappa shape index (κ1) is 57.4. The summed E-state index contributed by atoms with van der Waals surface area (Å²) in [6, 6.07) is 0. The third-order valence-electron chi connectivity index (χ3n) is 12.0. The average Bonchev–Trinajstić information content (AvgIpc) is 3.20. The molecule has 0 spiro atoms. The molecule has 0 aliphatic heterocycles. The second kappa shape index (κ2) is 45.9. The number of hydrogen-bond donors (Lipinski definition) is 0. The zero-order chi connectivity index (χ0) is 43.3. The van der Waals surface area contributed by atoms with E-state index in [1.54, 1.807) is 0 Å². The quantitative estimate of drug-likeness (QED) is 0.0345. The summed E-state index contributed by atoms with van der Waals surface area (Å²) < 4.78 is 16.8. The summed E-state index contributed by atoms with van der Waals surface area (Å²) in [5.41, 5.74) is 0. The molecule has 0 aromatic carbocycles. The van der Waals surface area contributed by atoms with Gasteiger partial charge in [-0.2, -0.15) is 0 Å². The van der Waals surface area contributed by atoms with Crippen molar-refractivity contribution in [2.45, 2.75) is 298 Å². The molecule has 59 heavy (non-hydrogen) atoms. The van der Waals surface area contributed by atoms with Crippen LogP contribution in [0, 0.1) is 11.8 Å². The molecule has 6 nitrogen and oxygen atoms in total. The Hall–Kier alpha value is -1.59. The summed E-state index contributed by atoms with van der Waals surface area (Å²) in [6.07, 6.45) is 46.7. The van der Waals surface area contributed by atoms with Gasteiger partial charge in [0, 0.05) is 19.3 Å². The smallest absolute Gasteiger partial charge is 0.306 e. The number of rotatable bonds is 47. The van der Waals surface area contributed by atoms with Gasteiger partial charge in [-0.3, -0.25) is 14.4 Å². The van der Waals surface area contributed by atoms with E-state index in [-0.39, 0.29) is 31.1 Å². The SMILES string of the molecule is CCCCCCCCCCCCCCCCCCCC(=O)O[C@H](COC(=O)CCCCCCCCCCCCC(C)C)COC(=O)CCCCCCCCCCC(C)C. The van der Waals surface area contributed by atoms with E-state index in [0.717, 1.165) is 69.6 Å². The summed E-state index contributed by atoms with van der Waals surface area (Å²) in [6.45, 7) is 11.3. The van der Waals surface area contributed by atoms with Gasteiger partial charge in [-0.25, -0.2) is 0 Å². The number of unbranched alkanes of at least 4 members (excludes halogenated alkanes) is 32. The number of ether oxygens (including phenoxy) is 3. The van der Waals surface area contributed by atoms with Gasteiger partial charge < -0.3 is 14.2 Å². The summed E-state index contributed by atoms with van der Waals surface area (Å²) in [7, 11) is 0. The maximum Gasteiger partial charge on any atom is 0.306 e. The Morgan fingerprint density at radius 2 is 0.559 bits per heavy atom. The largest absolute Gasteiger partial charge is 0.462 e. The Balaban J connectivity index is 4.30. The van der Waals surface area contributed by atoms with Gasteiger partial charge in [0.2, 0.25) is 0 Å². The van der Waals surface area contributed by atoms with Crippen LogP contribution in [0.2, 0.25) is 0 Å². The molecule has 0 saturated carbocycles. The van der Waals surface area contributed by atoms with Crippen molar-refractivity contribution in [2.24, 2.45) is 11.8 Å². The van der Waals surface area contributed by atoms with E-state index in [9.17, 15) is 14.4 Å². The Morgan fingerprint density at radius 3 is 0.831 bits per heavy atom. The lowest BCUT2D eigenvalue weighted by molar-refractivity contribution is -0.167. The van der Waals surface area contributed by atoms with Crippen molar-refractivity contribution in [3.63, 3.8) is 0 Å². The van der Waals surface area contributed by atoms with E-state index in [2.05, 4.69) is 34.6 Å². The molecule has 0 aliphatic rings. The van der Waals surface area contributed by atoms with Crippen LogP contribution < -0.4 is 0 Å². The number of hydrogen-bond acceptors (Lipinski definition) is 6. The van der Waals surface area contributed by atoms with Crippen LogP contribution in [0.15, 0.2) is 0 Å². The van der Waals surface area contributed by atoms with Crippen LogP contribution in [-0.2, 0) is 28.6 Å². The highest BCUT2D eigenvalue weighted by molar-refractivity contribution is 5.71. The minimum Gasteiger partial charge on any atom is -0.462 e. The Kier molecular flexibility index (Phi) is 44.7. The van der Waals surface area contributed by atoms with Crippen molar-refractivity contribution in [3.05, 3.63) is 0 Å². The maximum atomic E-state index is 12.8. The number of carbonyl (C=O) groups is 3. The Morgan fingerprint density at radius 1 is 0.322 bits per heavy atom. The molecule has 0 bridgehead atoms. The molecule has 0 rings (SSSR count). The first-order chi connectivity index (χ1) is 28.7. The summed E-state index contributed by atoms with van der Waals surface area (Å²) in [5.74, 6) is 0.765. The summed E-state index contributed by atoms with van der Waals surface area (Å²) >= 11 is 0. The third kappa shape index (κ3) is 47.3. The van der Waals surface area contributed by atoms with E-state index in [1.165, 1.54) is 180 Å². The fourth-order valence-electron chi connectivity index (χ4n) is 7.99. The molecule has 0 aromatic rings. The molecule has 0 aliphatic carbocycles. The molecule has 1 atom stereocenters. The van der Waals surface area contributed by atoms with Gasteiger partial charge in [0.1, 0.15) is 13.2 Å². The fourth-order valence-corrected chi connectivity index (χ4v) is 7.99. The first-order valence-electron chi connectivity index (χ1n) is 26.2. The highest BCUT2D eigenvalue weighted by atomic mass is 16.6. The zero-order valence-corrected chi connectivity index (χ0v) is 40.4. The van der Waals surface area contributed by atoms with E-state index < -0.39 is 6.10 Å². The Bertz CT molecular complexity index is 900. The first-order valence-corrected chi connectivity index (χ1v) is 26.2. The minimum absolute atomic E-state index is 0.0642. The molecule has 0 aromatic heterocycles. The van der Waals surface area contributed by atoms with Crippen molar-refractivity contribution in [3.8, 4) is 0 Å². The minimum atomic E-state index is -0.762. The molecule has 0 N–H and O–H groups in total. The molecule has 0 fully saturated rings. The van der Waals surface area contributed by atoms with E-state index in [1.807, 2.05) is 0 Å². The monoisotopic (exact) mass is 835 g/mol. The summed E-state index contributed by atoms with van der Waals surface area (Å²) in [5, 5.41) is 0. The fraction of sp³-hybridized carbons (Fsp3) is 0.943. The predicted molar refractivity (Wildman–Crippen MR) is 252 cm³/mol. The average molecular weight is 835 g/mol. The molecule has 0 heterocycles. The maximum absolute atomic E-state index is 12.8. The van der Waals surface area contributed by atoms with Gasteiger partial charge in [-0.15, -0.1) is 0 Å². The van der Waals surface area contributed by atoms with Crippen molar-refractivity contribution in [1.29, 1.82) is 0 Å². The van der Waals surface area contributed by atoms with Crippen molar-refractivity contribution in [1.82, 2.24) is 0 Å². The second-order valence-corrected chi connectivity index (χ2v) is 19.1. The van der Waals surface area contributed by atoms with Gasteiger partial charge in [0.25, 0.3) is 0 Å². The lowest BCUT2D eigenvalue weighted by atomic mass is 10.0.